The van der Waals surface area contributed by atoms with Crippen molar-refractivity contribution in [1.29, 1.82) is 0 Å². The smallest absolute Gasteiger partial charge is 0.256 e. The van der Waals surface area contributed by atoms with Gasteiger partial charge in [0.15, 0.2) is 0 Å². The van der Waals surface area contributed by atoms with Gasteiger partial charge in [-0.05, 0) is 30.3 Å². The molecule has 1 heterocycles. The van der Waals surface area contributed by atoms with Gasteiger partial charge in [0.25, 0.3) is 5.91 Å². The molecular formula is C12H10ClN3O. The van der Waals surface area contributed by atoms with E-state index in [-0.39, 0.29) is 5.91 Å². The number of aromatic nitrogens is 1. The molecule has 17 heavy (non-hydrogen) atoms. The minimum atomic E-state index is -0.271. The first kappa shape index (κ1) is 11.4. The average molecular weight is 248 g/mol. The molecule has 5 heteroatoms. The fourth-order valence-electron chi connectivity index (χ4n) is 1.31. The number of nitrogen functional groups attached to an aromatic ring is 1. The summed E-state index contributed by atoms with van der Waals surface area (Å²) in [7, 11) is 0. The van der Waals surface area contributed by atoms with Crippen LogP contribution in [0.15, 0.2) is 42.6 Å². The Labute approximate surface area is 103 Å². The van der Waals surface area contributed by atoms with Gasteiger partial charge in [-0.2, -0.15) is 0 Å². The molecule has 0 radical (unpaired) electrons. The summed E-state index contributed by atoms with van der Waals surface area (Å²) in [6, 6.07) is 9.99. The maximum atomic E-state index is 11.8. The topological polar surface area (TPSA) is 68.0 Å². The molecule has 0 saturated carbocycles. The highest BCUT2D eigenvalue weighted by Crippen LogP contribution is 2.19. The molecular weight excluding hydrogens is 238 g/mol. The van der Waals surface area contributed by atoms with Crippen molar-refractivity contribution in [3.8, 4) is 0 Å². The lowest BCUT2D eigenvalue weighted by molar-refractivity contribution is 0.102. The van der Waals surface area contributed by atoms with Gasteiger partial charge in [0.05, 0.1) is 10.7 Å². The molecule has 0 atom stereocenters. The monoisotopic (exact) mass is 247 g/mol. The first-order valence-electron chi connectivity index (χ1n) is 4.94. The van der Waals surface area contributed by atoms with Crippen LogP contribution in [-0.2, 0) is 0 Å². The van der Waals surface area contributed by atoms with Gasteiger partial charge < -0.3 is 11.1 Å². The van der Waals surface area contributed by atoms with Crippen LogP contribution < -0.4 is 11.1 Å². The van der Waals surface area contributed by atoms with Gasteiger partial charge in [0, 0.05) is 11.8 Å². The highest BCUT2D eigenvalue weighted by molar-refractivity contribution is 6.33. The van der Waals surface area contributed by atoms with Crippen molar-refractivity contribution in [3.63, 3.8) is 0 Å². The van der Waals surface area contributed by atoms with E-state index in [9.17, 15) is 4.79 Å². The van der Waals surface area contributed by atoms with Gasteiger partial charge in [-0.25, -0.2) is 4.98 Å². The molecule has 1 aromatic heterocycles. The molecule has 2 aromatic rings. The van der Waals surface area contributed by atoms with Crippen LogP contribution in [0.5, 0.6) is 0 Å². The molecule has 0 bridgehead atoms. The van der Waals surface area contributed by atoms with Gasteiger partial charge in [0.2, 0.25) is 0 Å². The summed E-state index contributed by atoms with van der Waals surface area (Å²) in [4.78, 5) is 15.8. The second-order valence-corrected chi connectivity index (χ2v) is 3.81. The molecule has 0 saturated heterocycles. The lowest BCUT2D eigenvalue weighted by atomic mass is 10.2. The molecule has 0 aliphatic heterocycles. The van der Waals surface area contributed by atoms with E-state index in [2.05, 4.69) is 10.3 Å². The predicted molar refractivity (Wildman–Crippen MR) is 68.1 cm³/mol. The molecule has 1 amide bonds. The average Bonchev–Trinajstić information content (AvgIpc) is 2.34. The highest BCUT2D eigenvalue weighted by atomic mass is 35.5. The Balaban J connectivity index is 2.18. The number of hydrogen-bond acceptors (Lipinski definition) is 3. The third-order valence-electron chi connectivity index (χ3n) is 2.16. The summed E-state index contributed by atoms with van der Waals surface area (Å²) >= 11 is 5.78. The lowest BCUT2D eigenvalue weighted by Gasteiger charge is -2.05. The summed E-state index contributed by atoms with van der Waals surface area (Å²) in [5.41, 5.74) is 6.44. The second-order valence-electron chi connectivity index (χ2n) is 3.41. The molecule has 1 aromatic carbocycles. The summed E-state index contributed by atoms with van der Waals surface area (Å²) in [6.07, 6.45) is 1.60. The van der Waals surface area contributed by atoms with E-state index < -0.39 is 0 Å². The largest absolute Gasteiger partial charge is 0.398 e. The molecule has 0 unspecified atom stereocenters. The van der Waals surface area contributed by atoms with E-state index >= 15 is 0 Å². The zero-order valence-corrected chi connectivity index (χ0v) is 9.61. The Kier molecular flexibility index (Phi) is 3.25. The van der Waals surface area contributed by atoms with Crippen molar-refractivity contribution in [3.05, 3.63) is 53.2 Å². The second kappa shape index (κ2) is 4.84. The zero-order valence-electron chi connectivity index (χ0n) is 8.85. The van der Waals surface area contributed by atoms with Gasteiger partial charge in [-0.1, -0.05) is 17.7 Å². The molecule has 0 fully saturated rings. The molecule has 4 nitrogen and oxygen atoms in total. The Morgan fingerprint density at radius 1 is 1.29 bits per heavy atom. The third-order valence-corrected chi connectivity index (χ3v) is 2.51. The van der Waals surface area contributed by atoms with Gasteiger partial charge in [-0.3, -0.25) is 4.79 Å². The van der Waals surface area contributed by atoms with E-state index in [1.165, 1.54) is 6.07 Å². The summed E-state index contributed by atoms with van der Waals surface area (Å²) in [6.45, 7) is 0. The predicted octanol–water partition coefficient (Wildman–Crippen LogP) is 2.57. The molecule has 0 aliphatic rings. The SMILES string of the molecule is Nc1cc(C(=O)Nc2ccccn2)ccc1Cl. The summed E-state index contributed by atoms with van der Waals surface area (Å²) in [5.74, 6) is 0.220. The normalized spacial score (nSPS) is 9.94. The van der Waals surface area contributed by atoms with Crippen molar-refractivity contribution < 1.29 is 4.79 Å². The van der Waals surface area contributed by atoms with Crippen molar-refractivity contribution in [2.75, 3.05) is 11.1 Å². The van der Waals surface area contributed by atoms with Crippen LogP contribution in [0.25, 0.3) is 0 Å². The lowest BCUT2D eigenvalue weighted by Crippen LogP contribution is -2.13. The Hall–Kier alpha value is -2.07. The van der Waals surface area contributed by atoms with Crippen LogP contribution in [0, 0.1) is 0 Å². The fraction of sp³-hybridized carbons (Fsp3) is 0. The zero-order chi connectivity index (χ0) is 12.3. The molecule has 2 rings (SSSR count). The van der Waals surface area contributed by atoms with Crippen LogP contribution in [0.4, 0.5) is 11.5 Å². The maximum Gasteiger partial charge on any atom is 0.256 e. The third kappa shape index (κ3) is 2.73. The van der Waals surface area contributed by atoms with Gasteiger partial charge in [-0.15, -0.1) is 0 Å². The van der Waals surface area contributed by atoms with Crippen molar-refractivity contribution in [2.45, 2.75) is 0 Å². The summed E-state index contributed by atoms with van der Waals surface area (Å²) < 4.78 is 0. The Bertz CT molecular complexity index is 543. The minimum absolute atomic E-state index is 0.271. The van der Waals surface area contributed by atoms with E-state index in [0.29, 0.717) is 22.1 Å². The van der Waals surface area contributed by atoms with Crippen molar-refractivity contribution >= 4 is 29.0 Å². The first-order valence-corrected chi connectivity index (χ1v) is 5.32. The number of amides is 1. The van der Waals surface area contributed by atoms with Crippen LogP contribution in [-0.4, -0.2) is 10.9 Å². The number of hydrogen-bond donors (Lipinski definition) is 2. The number of carbonyl (C=O) groups is 1. The van der Waals surface area contributed by atoms with E-state index in [1.54, 1.807) is 36.5 Å². The number of halogens is 1. The van der Waals surface area contributed by atoms with Crippen molar-refractivity contribution in [1.82, 2.24) is 4.98 Å². The van der Waals surface area contributed by atoms with E-state index in [0.717, 1.165) is 0 Å². The molecule has 0 spiro atoms. The molecule has 86 valence electrons. The number of nitrogens with two attached hydrogens (primary N) is 1. The van der Waals surface area contributed by atoms with Crippen LogP contribution in [0.3, 0.4) is 0 Å². The standard InChI is InChI=1S/C12H10ClN3O/c13-9-5-4-8(7-10(9)14)12(17)16-11-3-1-2-6-15-11/h1-7H,14H2,(H,15,16,17). The summed E-state index contributed by atoms with van der Waals surface area (Å²) in [5, 5.41) is 3.09. The first-order chi connectivity index (χ1) is 8.16. The van der Waals surface area contributed by atoms with Crippen LogP contribution in [0.1, 0.15) is 10.4 Å². The molecule has 3 N–H and O–H groups in total. The number of nitrogens with one attached hydrogen (secondary N) is 1. The number of nitrogens with zero attached hydrogens (tertiary/aromatic N) is 1. The quantitative estimate of drug-likeness (QED) is 0.802. The fourth-order valence-corrected chi connectivity index (χ4v) is 1.43. The van der Waals surface area contributed by atoms with Crippen molar-refractivity contribution in [2.24, 2.45) is 0 Å². The van der Waals surface area contributed by atoms with Gasteiger partial charge >= 0.3 is 0 Å². The highest BCUT2D eigenvalue weighted by Gasteiger charge is 2.08. The number of carbonyl (C=O) groups excluding carboxylic acids is 1. The number of benzene rings is 1. The van der Waals surface area contributed by atoms with E-state index in [4.69, 9.17) is 17.3 Å². The van der Waals surface area contributed by atoms with Crippen LogP contribution in [0.2, 0.25) is 5.02 Å². The number of pyridine rings is 1. The molecule has 0 aliphatic carbocycles. The van der Waals surface area contributed by atoms with Crippen LogP contribution >= 0.6 is 11.6 Å². The Morgan fingerprint density at radius 3 is 2.76 bits per heavy atom. The number of anilines is 2. The number of rotatable bonds is 2. The Morgan fingerprint density at radius 2 is 2.12 bits per heavy atom. The maximum absolute atomic E-state index is 11.8. The van der Waals surface area contributed by atoms with Gasteiger partial charge in [0.1, 0.15) is 5.82 Å². The van der Waals surface area contributed by atoms with E-state index in [1.807, 2.05) is 0 Å². The minimum Gasteiger partial charge on any atom is -0.398 e.